The Hall–Kier alpha value is -7.28. The van der Waals surface area contributed by atoms with Gasteiger partial charge in [0.2, 0.25) is 0 Å². The molecule has 0 saturated heterocycles. The quantitative estimate of drug-likeness (QED) is 0.123. The SMILES string of the molecule is CC1(C)c2ccccc2-c2ccc(-c3c4ccccc4c(-c4cccc(-c5ccc6cc7c(cc6c5)C(C(C)(C)C)(C(C)(C)C)c5c-7c6ccccc6c6ccccc56)c4)c4ccccc34)cc21. The number of rotatable bonds is 3. The maximum absolute atomic E-state index is 2.58. The van der Waals surface area contributed by atoms with Crippen LogP contribution in [-0.4, -0.2) is 0 Å². The summed E-state index contributed by atoms with van der Waals surface area (Å²) in [4.78, 5) is 0. The normalized spacial score (nSPS) is 14.7. The van der Waals surface area contributed by atoms with E-state index in [2.05, 4.69) is 250 Å². The van der Waals surface area contributed by atoms with Crippen molar-refractivity contribution in [1.82, 2.24) is 0 Å². The molecular formula is C68H56. The van der Waals surface area contributed by atoms with Crippen molar-refractivity contribution in [2.45, 2.75) is 66.2 Å². The van der Waals surface area contributed by atoms with Crippen LogP contribution in [0.2, 0.25) is 0 Å². The summed E-state index contributed by atoms with van der Waals surface area (Å²) in [5, 5.41) is 13.1. The molecular weight excluding hydrogens is 817 g/mol. The topological polar surface area (TPSA) is 0 Å². The summed E-state index contributed by atoms with van der Waals surface area (Å²) in [5.74, 6) is 0. The molecule has 0 aliphatic heterocycles. The van der Waals surface area contributed by atoms with E-state index in [-0.39, 0.29) is 21.7 Å². The Morgan fingerprint density at radius 2 is 0.765 bits per heavy atom. The van der Waals surface area contributed by atoms with Gasteiger partial charge in [0, 0.05) is 10.8 Å². The average molecular weight is 873 g/mol. The lowest BCUT2D eigenvalue weighted by Crippen LogP contribution is -2.50. The van der Waals surface area contributed by atoms with Gasteiger partial charge in [-0.3, -0.25) is 0 Å². The molecule has 328 valence electrons. The van der Waals surface area contributed by atoms with E-state index in [9.17, 15) is 0 Å². The Kier molecular flexibility index (Phi) is 8.51. The molecule has 0 spiro atoms. The third-order valence-electron chi connectivity index (χ3n) is 16.5. The highest BCUT2D eigenvalue weighted by atomic mass is 14.6. The lowest BCUT2D eigenvalue weighted by Gasteiger charge is -2.53. The summed E-state index contributed by atoms with van der Waals surface area (Å²) in [6, 6.07) is 74.1. The molecule has 11 aromatic carbocycles. The molecule has 0 heterocycles. The van der Waals surface area contributed by atoms with Gasteiger partial charge in [0.25, 0.3) is 0 Å². The molecule has 0 nitrogen and oxygen atoms in total. The number of hydrogen-bond acceptors (Lipinski definition) is 0. The van der Waals surface area contributed by atoms with E-state index in [1.165, 1.54) is 132 Å². The van der Waals surface area contributed by atoms with E-state index in [1.54, 1.807) is 0 Å². The standard InChI is InChI=1S/C68H56/c1-65(2,3)68(66(4,5)6)60-40-46-37-42(32-33-43(46)38-57(60)63-51-25-11-9-22-47(51)48-23-10-16-30-56(48)64(63)68)41-20-19-21-44(36-41)61-52-26-12-14-28-54(52)62(55-29-15-13-27-53(55)61)45-34-35-50-49-24-17-18-31-58(49)67(7,8)59(50)39-45/h9-40H,1-8H3. The van der Waals surface area contributed by atoms with Gasteiger partial charge in [-0.15, -0.1) is 0 Å². The molecule has 13 rings (SSSR count). The predicted molar refractivity (Wildman–Crippen MR) is 293 cm³/mol. The van der Waals surface area contributed by atoms with Gasteiger partial charge in [0.05, 0.1) is 0 Å². The molecule has 11 aromatic rings. The Balaban J connectivity index is 0.989. The zero-order chi connectivity index (χ0) is 46.5. The largest absolute Gasteiger partial charge is 0.0619 e. The van der Waals surface area contributed by atoms with E-state index in [0.29, 0.717) is 0 Å². The van der Waals surface area contributed by atoms with E-state index in [0.717, 1.165) is 0 Å². The van der Waals surface area contributed by atoms with Gasteiger partial charge < -0.3 is 0 Å². The lowest BCUT2D eigenvalue weighted by molar-refractivity contribution is 0.0965. The molecule has 0 radical (unpaired) electrons. The molecule has 0 atom stereocenters. The van der Waals surface area contributed by atoms with E-state index in [1.807, 2.05) is 0 Å². The van der Waals surface area contributed by atoms with Crippen LogP contribution in [0.5, 0.6) is 0 Å². The smallest absolute Gasteiger partial charge is 0.0318 e. The Morgan fingerprint density at radius 1 is 0.294 bits per heavy atom. The molecule has 0 unspecified atom stereocenters. The van der Waals surface area contributed by atoms with Crippen LogP contribution in [0.15, 0.2) is 194 Å². The Bertz CT molecular complexity index is 3880. The summed E-state index contributed by atoms with van der Waals surface area (Å²) in [6.45, 7) is 19.6. The van der Waals surface area contributed by atoms with Gasteiger partial charge in [-0.1, -0.05) is 219 Å². The van der Waals surface area contributed by atoms with Crippen molar-refractivity contribution in [3.63, 3.8) is 0 Å². The fraction of sp³-hybridized carbons (Fsp3) is 0.176. The highest BCUT2D eigenvalue weighted by molar-refractivity contribution is 6.22. The zero-order valence-electron chi connectivity index (χ0n) is 40.5. The van der Waals surface area contributed by atoms with E-state index < -0.39 is 0 Å². The first-order chi connectivity index (χ1) is 32.8. The first-order valence-electron chi connectivity index (χ1n) is 24.6. The van der Waals surface area contributed by atoms with Crippen molar-refractivity contribution >= 4 is 53.9 Å². The van der Waals surface area contributed by atoms with Crippen LogP contribution in [0.4, 0.5) is 0 Å². The first kappa shape index (κ1) is 41.0. The van der Waals surface area contributed by atoms with Crippen molar-refractivity contribution in [2.75, 3.05) is 0 Å². The Labute approximate surface area is 400 Å². The maximum Gasteiger partial charge on any atom is 0.0318 e. The highest BCUT2D eigenvalue weighted by Crippen LogP contribution is 2.67. The highest BCUT2D eigenvalue weighted by Gasteiger charge is 2.58. The molecule has 0 fully saturated rings. The fourth-order valence-corrected chi connectivity index (χ4v) is 14.1. The van der Waals surface area contributed by atoms with Crippen molar-refractivity contribution in [1.29, 1.82) is 0 Å². The molecule has 68 heavy (non-hydrogen) atoms. The van der Waals surface area contributed by atoms with Gasteiger partial charge in [-0.25, -0.2) is 0 Å². The molecule has 0 aromatic heterocycles. The second kappa shape index (κ2) is 14.1. The van der Waals surface area contributed by atoms with Gasteiger partial charge >= 0.3 is 0 Å². The number of benzene rings is 11. The molecule has 0 N–H and O–H groups in total. The second-order valence-corrected chi connectivity index (χ2v) is 22.4. The summed E-state index contributed by atoms with van der Waals surface area (Å²) in [5.41, 5.74) is 18.2. The number of fused-ring (bicyclic) bond motifs is 14. The lowest BCUT2D eigenvalue weighted by atomic mass is 9.49. The van der Waals surface area contributed by atoms with E-state index in [4.69, 9.17) is 0 Å². The van der Waals surface area contributed by atoms with Crippen LogP contribution >= 0.6 is 0 Å². The number of hydrogen-bond donors (Lipinski definition) is 0. The minimum absolute atomic E-state index is 0.0756. The molecule has 0 bridgehead atoms. The van der Waals surface area contributed by atoms with Crippen molar-refractivity contribution in [3.05, 3.63) is 216 Å². The van der Waals surface area contributed by atoms with Gasteiger partial charge in [-0.2, -0.15) is 0 Å². The van der Waals surface area contributed by atoms with Gasteiger partial charge in [0.1, 0.15) is 0 Å². The molecule has 0 saturated carbocycles. The van der Waals surface area contributed by atoms with Crippen LogP contribution in [0.3, 0.4) is 0 Å². The van der Waals surface area contributed by atoms with Crippen molar-refractivity contribution in [2.24, 2.45) is 10.8 Å². The van der Waals surface area contributed by atoms with Crippen LogP contribution in [0.1, 0.15) is 77.6 Å². The zero-order valence-corrected chi connectivity index (χ0v) is 40.5. The van der Waals surface area contributed by atoms with Crippen molar-refractivity contribution < 1.29 is 0 Å². The van der Waals surface area contributed by atoms with Crippen molar-refractivity contribution in [3.8, 4) is 55.6 Å². The fourth-order valence-electron chi connectivity index (χ4n) is 14.1. The first-order valence-corrected chi connectivity index (χ1v) is 24.6. The minimum atomic E-state index is -0.270. The second-order valence-electron chi connectivity index (χ2n) is 22.4. The van der Waals surface area contributed by atoms with Crippen LogP contribution < -0.4 is 0 Å². The van der Waals surface area contributed by atoms with Crippen LogP contribution in [0, 0.1) is 10.8 Å². The summed E-state index contributed by atoms with van der Waals surface area (Å²) >= 11 is 0. The monoisotopic (exact) mass is 872 g/mol. The van der Waals surface area contributed by atoms with Gasteiger partial charge in [-0.05, 0) is 173 Å². The summed E-state index contributed by atoms with van der Waals surface area (Å²) < 4.78 is 0. The molecule has 0 heteroatoms. The van der Waals surface area contributed by atoms with E-state index >= 15 is 0 Å². The molecule has 2 aliphatic rings. The third kappa shape index (κ3) is 5.44. The Morgan fingerprint density at radius 3 is 1.38 bits per heavy atom. The van der Waals surface area contributed by atoms with Gasteiger partial charge in [0.15, 0.2) is 0 Å². The average Bonchev–Trinajstić information content (AvgIpc) is 3.78. The summed E-state index contributed by atoms with van der Waals surface area (Å²) in [7, 11) is 0. The van der Waals surface area contributed by atoms with Crippen LogP contribution in [0.25, 0.3) is 109 Å². The van der Waals surface area contributed by atoms with Crippen LogP contribution in [-0.2, 0) is 10.8 Å². The molecule has 0 amide bonds. The minimum Gasteiger partial charge on any atom is -0.0619 e. The molecule has 2 aliphatic carbocycles. The maximum atomic E-state index is 2.58. The third-order valence-corrected chi connectivity index (χ3v) is 16.5. The summed E-state index contributed by atoms with van der Waals surface area (Å²) in [6.07, 6.45) is 0. The predicted octanol–water partition coefficient (Wildman–Crippen LogP) is 19.1.